The number of nitrogens with zero attached hydrogens (tertiary/aromatic N) is 1. The quantitative estimate of drug-likeness (QED) is 0.666. The number of benzene rings is 1. The Morgan fingerprint density at radius 2 is 2.21 bits per heavy atom. The molecule has 0 unspecified atom stereocenters. The summed E-state index contributed by atoms with van der Waals surface area (Å²) in [4.78, 5) is 6.80. The van der Waals surface area contributed by atoms with Gasteiger partial charge in [0, 0.05) is 21.5 Å². The molecule has 1 heterocycles. The molecule has 5 heteroatoms. The van der Waals surface area contributed by atoms with Crippen molar-refractivity contribution in [2.75, 3.05) is 12.4 Å². The van der Waals surface area contributed by atoms with E-state index in [0.29, 0.717) is 12.5 Å². The van der Waals surface area contributed by atoms with Crippen molar-refractivity contribution in [2.24, 2.45) is 10.7 Å². The molecule has 0 saturated heterocycles. The monoisotopic (exact) mass is 275 g/mol. The van der Waals surface area contributed by atoms with E-state index in [2.05, 4.69) is 29.4 Å². The van der Waals surface area contributed by atoms with Gasteiger partial charge in [-0.1, -0.05) is 6.07 Å². The number of aliphatic imine (C=N–C) groups is 1. The van der Waals surface area contributed by atoms with E-state index in [-0.39, 0.29) is 0 Å². The zero-order chi connectivity index (χ0) is 13.7. The van der Waals surface area contributed by atoms with Crippen LogP contribution in [0.2, 0.25) is 0 Å². The first-order valence-corrected chi connectivity index (χ1v) is 6.75. The second-order valence-electron chi connectivity index (χ2n) is 4.07. The van der Waals surface area contributed by atoms with E-state index in [1.54, 1.807) is 18.4 Å². The van der Waals surface area contributed by atoms with Crippen LogP contribution in [0.4, 0.5) is 5.69 Å². The fourth-order valence-electron chi connectivity index (χ4n) is 1.62. The largest absolute Gasteiger partial charge is 0.497 e. The Bertz CT molecular complexity index is 578. The van der Waals surface area contributed by atoms with Crippen LogP contribution in [0, 0.1) is 6.92 Å². The van der Waals surface area contributed by atoms with Gasteiger partial charge in [-0.25, -0.2) is 4.99 Å². The molecule has 100 valence electrons. The molecule has 19 heavy (non-hydrogen) atoms. The maximum absolute atomic E-state index is 5.85. The van der Waals surface area contributed by atoms with Gasteiger partial charge in [0.15, 0.2) is 5.96 Å². The lowest BCUT2D eigenvalue weighted by Gasteiger charge is -2.07. The minimum absolute atomic E-state index is 0.402. The molecule has 2 rings (SSSR count). The van der Waals surface area contributed by atoms with E-state index in [1.165, 1.54) is 9.75 Å². The van der Waals surface area contributed by atoms with Crippen LogP contribution in [0.1, 0.15) is 9.75 Å². The second kappa shape index (κ2) is 6.24. The molecular weight excluding hydrogens is 258 g/mol. The van der Waals surface area contributed by atoms with Gasteiger partial charge in [0.2, 0.25) is 0 Å². The molecule has 0 bridgehead atoms. The van der Waals surface area contributed by atoms with Crippen molar-refractivity contribution < 1.29 is 4.74 Å². The summed E-state index contributed by atoms with van der Waals surface area (Å²) in [5.74, 6) is 1.19. The van der Waals surface area contributed by atoms with Gasteiger partial charge >= 0.3 is 0 Å². The smallest absolute Gasteiger partial charge is 0.193 e. The average Bonchev–Trinajstić information content (AvgIpc) is 2.82. The van der Waals surface area contributed by atoms with E-state index in [1.807, 2.05) is 24.3 Å². The maximum Gasteiger partial charge on any atom is 0.193 e. The lowest BCUT2D eigenvalue weighted by atomic mass is 10.3. The number of aryl methyl sites for hydroxylation is 1. The minimum atomic E-state index is 0.402. The summed E-state index contributed by atoms with van der Waals surface area (Å²) < 4.78 is 5.15. The third-order valence-electron chi connectivity index (χ3n) is 2.54. The lowest BCUT2D eigenvalue weighted by Crippen LogP contribution is -2.22. The molecule has 0 spiro atoms. The number of ether oxygens (including phenoxy) is 1. The molecule has 0 radical (unpaired) electrons. The number of hydrogen-bond acceptors (Lipinski definition) is 3. The number of nitrogens with two attached hydrogens (primary N) is 1. The van der Waals surface area contributed by atoms with Crippen LogP contribution in [-0.4, -0.2) is 13.1 Å². The topological polar surface area (TPSA) is 59.6 Å². The molecule has 0 aliphatic carbocycles. The number of thiophene rings is 1. The zero-order valence-electron chi connectivity index (χ0n) is 11.0. The highest BCUT2D eigenvalue weighted by atomic mass is 32.1. The minimum Gasteiger partial charge on any atom is -0.497 e. The molecule has 2 aromatic rings. The van der Waals surface area contributed by atoms with Crippen molar-refractivity contribution in [1.29, 1.82) is 0 Å². The van der Waals surface area contributed by atoms with Crippen molar-refractivity contribution in [1.82, 2.24) is 0 Å². The summed E-state index contributed by atoms with van der Waals surface area (Å²) in [5, 5.41) is 3.05. The third kappa shape index (κ3) is 3.99. The Hall–Kier alpha value is -2.01. The Kier molecular flexibility index (Phi) is 4.41. The van der Waals surface area contributed by atoms with Gasteiger partial charge in [0.1, 0.15) is 5.75 Å². The lowest BCUT2D eigenvalue weighted by molar-refractivity contribution is 0.415. The van der Waals surface area contributed by atoms with Gasteiger partial charge in [-0.2, -0.15) is 0 Å². The van der Waals surface area contributed by atoms with Crippen molar-refractivity contribution >= 4 is 23.0 Å². The molecule has 1 aromatic heterocycles. The summed E-state index contributed by atoms with van der Waals surface area (Å²) in [6.07, 6.45) is 0. The number of guanidine groups is 1. The van der Waals surface area contributed by atoms with Crippen LogP contribution in [0.3, 0.4) is 0 Å². The predicted octanol–water partition coefficient (Wildman–Crippen LogP) is 2.99. The summed E-state index contributed by atoms with van der Waals surface area (Å²) in [6, 6.07) is 11.7. The standard InChI is InChI=1S/C14H17N3OS/c1-10-6-7-13(19-10)9-16-14(15)17-11-4-3-5-12(8-11)18-2/h3-8H,9H2,1-2H3,(H3,15,16,17). The number of anilines is 1. The second-order valence-corrected chi connectivity index (χ2v) is 5.44. The van der Waals surface area contributed by atoms with E-state index < -0.39 is 0 Å². The first-order valence-electron chi connectivity index (χ1n) is 5.93. The average molecular weight is 275 g/mol. The van der Waals surface area contributed by atoms with Crippen molar-refractivity contribution in [3.63, 3.8) is 0 Å². The molecule has 0 saturated carbocycles. The summed E-state index contributed by atoms with van der Waals surface area (Å²) in [5.41, 5.74) is 6.72. The first kappa shape index (κ1) is 13.4. The fourth-order valence-corrected chi connectivity index (χ4v) is 2.44. The number of rotatable bonds is 4. The molecule has 0 amide bonds. The first-order chi connectivity index (χ1) is 9.17. The van der Waals surface area contributed by atoms with Crippen molar-refractivity contribution in [3.8, 4) is 5.75 Å². The zero-order valence-corrected chi connectivity index (χ0v) is 11.8. The van der Waals surface area contributed by atoms with Crippen LogP contribution in [-0.2, 0) is 6.54 Å². The van der Waals surface area contributed by atoms with E-state index in [4.69, 9.17) is 10.5 Å². The van der Waals surface area contributed by atoms with E-state index in [9.17, 15) is 0 Å². The van der Waals surface area contributed by atoms with E-state index in [0.717, 1.165) is 11.4 Å². The molecular formula is C14H17N3OS. The molecule has 0 fully saturated rings. The summed E-state index contributed by atoms with van der Waals surface area (Å²) in [7, 11) is 1.63. The van der Waals surface area contributed by atoms with Crippen LogP contribution in [0.15, 0.2) is 41.4 Å². The van der Waals surface area contributed by atoms with Crippen molar-refractivity contribution in [3.05, 3.63) is 46.2 Å². The Morgan fingerprint density at radius 3 is 2.89 bits per heavy atom. The molecule has 3 N–H and O–H groups in total. The highest BCUT2D eigenvalue weighted by Crippen LogP contribution is 2.17. The van der Waals surface area contributed by atoms with Gasteiger partial charge in [-0.15, -0.1) is 11.3 Å². The molecule has 4 nitrogen and oxygen atoms in total. The number of methoxy groups -OCH3 is 1. The number of nitrogens with one attached hydrogen (secondary N) is 1. The van der Waals surface area contributed by atoms with Gasteiger partial charge < -0.3 is 15.8 Å². The van der Waals surface area contributed by atoms with Gasteiger partial charge in [-0.05, 0) is 31.2 Å². The Labute approximate surface area is 116 Å². The molecule has 1 aromatic carbocycles. The highest BCUT2D eigenvalue weighted by molar-refractivity contribution is 7.11. The number of hydrogen-bond donors (Lipinski definition) is 2. The third-order valence-corrected chi connectivity index (χ3v) is 3.53. The molecule has 0 atom stereocenters. The summed E-state index contributed by atoms with van der Waals surface area (Å²) >= 11 is 1.73. The maximum atomic E-state index is 5.85. The van der Waals surface area contributed by atoms with Crippen molar-refractivity contribution in [2.45, 2.75) is 13.5 Å². The highest BCUT2D eigenvalue weighted by Gasteiger charge is 1.99. The SMILES string of the molecule is COc1cccc(NC(N)=NCc2ccc(C)s2)c1. The van der Waals surface area contributed by atoms with Crippen LogP contribution < -0.4 is 15.8 Å². The van der Waals surface area contributed by atoms with Crippen LogP contribution in [0.5, 0.6) is 5.75 Å². The Morgan fingerprint density at radius 1 is 1.37 bits per heavy atom. The molecule has 0 aliphatic rings. The predicted molar refractivity (Wildman–Crippen MR) is 81.0 cm³/mol. The normalized spacial score (nSPS) is 11.4. The fraction of sp³-hybridized carbons (Fsp3) is 0.214. The summed E-state index contributed by atoms with van der Waals surface area (Å²) in [6.45, 7) is 2.68. The van der Waals surface area contributed by atoms with Crippen LogP contribution in [0.25, 0.3) is 0 Å². The van der Waals surface area contributed by atoms with Crippen LogP contribution >= 0.6 is 11.3 Å². The molecule has 0 aliphatic heterocycles. The van der Waals surface area contributed by atoms with Gasteiger partial charge in [0.05, 0.1) is 13.7 Å². The van der Waals surface area contributed by atoms with Gasteiger partial charge in [-0.3, -0.25) is 0 Å². The Balaban J connectivity index is 1.97. The van der Waals surface area contributed by atoms with E-state index >= 15 is 0 Å². The van der Waals surface area contributed by atoms with Gasteiger partial charge in [0.25, 0.3) is 0 Å².